The number of ether oxygens (including phenoxy) is 1. The van der Waals surface area contributed by atoms with Crippen LogP contribution in [0.2, 0.25) is 0 Å². The molecule has 7 rings (SSSR count). The Kier molecular flexibility index (Phi) is 5.19. The molecule has 2 aliphatic heterocycles. The minimum absolute atomic E-state index is 0.0221. The van der Waals surface area contributed by atoms with Crippen LogP contribution in [0.3, 0.4) is 0 Å². The quantitative estimate of drug-likeness (QED) is 0.305. The summed E-state index contributed by atoms with van der Waals surface area (Å²) in [6.07, 6.45) is 0.454. The number of fused-ring (bicyclic) bond motifs is 7. The van der Waals surface area contributed by atoms with Crippen LogP contribution in [-0.4, -0.2) is 45.1 Å². The number of carbonyl (C=O) groups is 3. The Labute approximate surface area is 230 Å². The van der Waals surface area contributed by atoms with Gasteiger partial charge >= 0.3 is 5.97 Å². The Hall–Kier alpha value is -4.85. The normalized spacial score (nSPS) is 16.3. The number of amides is 1. The first-order valence-electron chi connectivity index (χ1n) is 13.4. The summed E-state index contributed by atoms with van der Waals surface area (Å²) < 4.78 is 9.30. The van der Waals surface area contributed by atoms with Crippen molar-refractivity contribution < 1.29 is 19.1 Å². The largest absolute Gasteiger partial charge is 0.459 e. The second-order valence-corrected chi connectivity index (χ2v) is 11.3. The van der Waals surface area contributed by atoms with Gasteiger partial charge in [0.1, 0.15) is 29.8 Å². The van der Waals surface area contributed by atoms with E-state index >= 15 is 0 Å². The van der Waals surface area contributed by atoms with E-state index in [1.807, 2.05) is 104 Å². The van der Waals surface area contributed by atoms with Crippen LogP contribution in [0.15, 0.2) is 78.9 Å². The molecule has 2 bridgehead atoms. The number of hydrogen-bond donors (Lipinski definition) is 1. The van der Waals surface area contributed by atoms with Crippen LogP contribution in [-0.2, 0) is 20.7 Å². The summed E-state index contributed by atoms with van der Waals surface area (Å²) in [7, 11) is 0. The minimum atomic E-state index is -0.657. The van der Waals surface area contributed by atoms with Crippen molar-refractivity contribution in [3.05, 3.63) is 90.0 Å². The zero-order chi connectivity index (χ0) is 27.8. The maximum Gasteiger partial charge on any atom is 0.326 e. The molecule has 0 fully saturated rings. The molecule has 0 spiro atoms. The van der Waals surface area contributed by atoms with Gasteiger partial charge < -0.3 is 10.1 Å². The molecule has 40 heavy (non-hydrogen) atoms. The Morgan fingerprint density at radius 3 is 2.40 bits per heavy atom. The van der Waals surface area contributed by atoms with Crippen LogP contribution in [0, 0.1) is 0 Å². The molecule has 0 aliphatic carbocycles. The first-order chi connectivity index (χ1) is 19.2. The molecule has 1 N–H and O–H groups in total. The van der Waals surface area contributed by atoms with Crippen LogP contribution in [0.1, 0.15) is 36.7 Å². The smallest absolute Gasteiger partial charge is 0.326 e. The van der Waals surface area contributed by atoms with E-state index in [0.29, 0.717) is 23.5 Å². The second kappa shape index (κ2) is 8.58. The standard InChI is InChI=1S/C32H28N4O4/c1-32(2,3)40-27(37)18-34-23-13-7-4-10-19(23)16-22(30(34)38)33-26-17-20-11-5-8-14-24(20)35(26)29-28-21-12-6-9-15-25(21)36(29)31(28)39/h4-15,17,22,33H,16,18H2,1-3H3. The molecule has 2 aliphatic rings. The molecular formula is C32H28N4O4. The third-order valence-electron chi connectivity index (χ3n) is 7.49. The molecule has 8 nitrogen and oxygen atoms in total. The topological polar surface area (TPSA) is 85.6 Å². The number of benzene rings is 3. The predicted molar refractivity (Wildman–Crippen MR) is 154 cm³/mol. The molecule has 3 aromatic carbocycles. The fraction of sp³-hybridized carbons (Fsp3) is 0.219. The molecule has 1 amide bonds. The maximum atomic E-state index is 13.9. The monoisotopic (exact) mass is 532 g/mol. The molecule has 8 heteroatoms. The fourth-order valence-corrected chi connectivity index (χ4v) is 5.92. The first-order valence-corrected chi connectivity index (χ1v) is 13.4. The van der Waals surface area contributed by atoms with Gasteiger partial charge in [-0.05, 0) is 50.6 Å². The third kappa shape index (κ3) is 3.63. The van der Waals surface area contributed by atoms with E-state index in [-0.39, 0.29) is 18.4 Å². The van der Waals surface area contributed by atoms with E-state index in [1.165, 1.54) is 4.90 Å². The van der Waals surface area contributed by atoms with Gasteiger partial charge in [0.05, 0.1) is 16.6 Å². The number of nitrogens with zero attached hydrogens (tertiary/aromatic N) is 3. The van der Waals surface area contributed by atoms with E-state index in [1.54, 1.807) is 4.57 Å². The van der Waals surface area contributed by atoms with Crippen molar-refractivity contribution in [3.63, 3.8) is 0 Å². The maximum absolute atomic E-state index is 13.9. The summed E-state index contributed by atoms with van der Waals surface area (Å²) in [5, 5.41) is 5.39. The van der Waals surface area contributed by atoms with Crippen molar-refractivity contribution in [1.29, 1.82) is 0 Å². The Morgan fingerprint density at radius 2 is 1.62 bits per heavy atom. The van der Waals surface area contributed by atoms with Crippen molar-refractivity contribution in [3.8, 4) is 5.82 Å². The molecular weight excluding hydrogens is 504 g/mol. The van der Waals surface area contributed by atoms with Crippen LogP contribution >= 0.6 is 0 Å². The average Bonchev–Trinajstić information content (AvgIpc) is 3.54. The highest BCUT2D eigenvalue weighted by atomic mass is 16.6. The van der Waals surface area contributed by atoms with Crippen LogP contribution in [0.5, 0.6) is 0 Å². The van der Waals surface area contributed by atoms with Gasteiger partial charge in [0.25, 0.3) is 5.91 Å². The van der Waals surface area contributed by atoms with Crippen LogP contribution in [0.25, 0.3) is 27.6 Å². The zero-order valence-electron chi connectivity index (χ0n) is 22.5. The lowest BCUT2D eigenvalue weighted by molar-refractivity contribution is -0.153. The first kappa shape index (κ1) is 24.2. The lowest BCUT2D eigenvalue weighted by Gasteiger charge is -2.35. The lowest BCUT2D eigenvalue weighted by Crippen LogP contribution is -2.50. The Bertz CT molecular complexity index is 1830. The van der Waals surface area contributed by atoms with Crippen LogP contribution < -0.4 is 10.2 Å². The van der Waals surface area contributed by atoms with Gasteiger partial charge in [-0.25, -0.2) is 0 Å². The number of anilines is 2. The lowest BCUT2D eigenvalue weighted by atomic mass is 9.97. The van der Waals surface area contributed by atoms with Gasteiger partial charge in [0.2, 0.25) is 5.91 Å². The Balaban J connectivity index is 1.30. The van der Waals surface area contributed by atoms with Crippen LogP contribution in [0.4, 0.5) is 11.5 Å². The minimum Gasteiger partial charge on any atom is -0.459 e. The number of rotatable bonds is 5. The van der Waals surface area contributed by atoms with E-state index in [2.05, 4.69) is 5.32 Å². The van der Waals surface area contributed by atoms with E-state index in [4.69, 9.17) is 4.74 Å². The fourth-order valence-electron chi connectivity index (χ4n) is 5.92. The van der Waals surface area contributed by atoms with Gasteiger partial charge in [-0.1, -0.05) is 54.6 Å². The number of nitrogens with one attached hydrogen (secondary N) is 1. The van der Waals surface area contributed by atoms with Gasteiger partial charge in [-0.15, -0.1) is 0 Å². The molecule has 4 heterocycles. The number of para-hydroxylation sites is 3. The molecule has 1 atom stereocenters. The van der Waals surface area contributed by atoms with Gasteiger partial charge in [0, 0.05) is 22.9 Å². The summed E-state index contributed by atoms with van der Waals surface area (Å²) >= 11 is 0. The van der Waals surface area contributed by atoms with E-state index < -0.39 is 17.6 Å². The van der Waals surface area contributed by atoms with E-state index in [9.17, 15) is 14.4 Å². The highest BCUT2D eigenvalue weighted by Gasteiger charge is 2.39. The number of esters is 1. The highest BCUT2D eigenvalue weighted by molar-refractivity contribution is 6.24. The molecule has 2 aromatic heterocycles. The molecule has 0 radical (unpaired) electrons. The van der Waals surface area contributed by atoms with Gasteiger partial charge in [-0.2, -0.15) is 0 Å². The second-order valence-electron chi connectivity index (χ2n) is 11.3. The number of carbonyl (C=O) groups excluding carboxylic acids is 3. The van der Waals surface area contributed by atoms with Crippen molar-refractivity contribution in [2.45, 2.75) is 38.8 Å². The summed E-state index contributed by atoms with van der Waals surface area (Å²) in [5.74, 6) is 0.784. The summed E-state index contributed by atoms with van der Waals surface area (Å²) in [4.78, 5) is 41.2. The van der Waals surface area contributed by atoms with Crippen molar-refractivity contribution in [1.82, 2.24) is 9.13 Å². The molecule has 1 unspecified atom stereocenters. The summed E-state index contributed by atoms with van der Waals surface area (Å²) in [5.41, 5.74) is 3.49. The molecule has 5 aromatic rings. The highest BCUT2D eigenvalue weighted by Crippen LogP contribution is 2.42. The van der Waals surface area contributed by atoms with Gasteiger partial charge in [-0.3, -0.25) is 28.4 Å². The summed E-state index contributed by atoms with van der Waals surface area (Å²) in [6.45, 7) is 5.24. The Morgan fingerprint density at radius 1 is 0.925 bits per heavy atom. The molecule has 200 valence electrons. The molecule has 0 saturated carbocycles. The van der Waals surface area contributed by atoms with Gasteiger partial charge in [0.15, 0.2) is 0 Å². The van der Waals surface area contributed by atoms with Crippen molar-refractivity contribution in [2.24, 2.45) is 0 Å². The third-order valence-corrected chi connectivity index (χ3v) is 7.49. The molecule has 0 saturated heterocycles. The average molecular weight is 533 g/mol. The predicted octanol–water partition coefficient (Wildman–Crippen LogP) is 5.30. The SMILES string of the molecule is CC(C)(C)OC(=O)CN1C(=O)C(Nc2cc3ccccc3n2-c2c3c4ccccc4n2C3=O)Cc2ccccc21. The van der Waals surface area contributed by atoms with E-state index in [0.717, 1.165) is 33.2 Å². The number of hydrogen-bond acceptors (Lipinski definition) is 5. The zero-order valence-corrected chi connectivity index (χ0v) is 22.5. The number of aromatic nitrogens is 2. The van der Waals surface area contributed by atoms with Crippen molar-refractivity contribution in [2.75, 3.05) is 16.8 Å². The van der Waals surface area contributed by atoms with Crippen molar-refractivity contribution >= 4 is 51.1 Å². The summed E-state index contributed by atoms with van der Waals surface area (Å²) in [6, 6.07) is 24.7.